The van der Waals surface area contributed by atoms with Crippen LogP contribution < -0.4 is 5.73 Å². The molecule has 0 saturated heterocycles. The molecule has 0 bridgehead atoms. The van der Waals surface area contributed by atoms with Crippen molar-refractivity contribution < 1.29 is 0 Å². The van der Waals surface area contributed by atoms with E-state index in [-0.39, 0.29) is 0 Å². The highest BCUT2D eigenvalue weighted by atomic mass is 14.7. The van der Waals surface area contributed by atoms with Crippen molar-refractivity contribution in [1.29, 1.82) is 0 Å². The van der Waals surface area contributed by atoms with Crippen LogP contribution in [0.2, 0.25) is 0 Å². The van der Waals surface area contributed by atoms with Crippen LogP contribution in [0.4, 0.5) is 0 Å². The molecule has 0 amide bonds. The maximum Gasteiger partial charge on any atom is 0.00645 e. The number of nitrogens with two attached hydrogens (primary N) is 1. The van der Waals surface area contributed by atoms with Crippen molar-refractivity contribution in [3.63, 3.8) is 0 Å². The smallest absolute Gasteiger partial charge is 0.00645 e. The summed E-state index contributed by atoms with van der Waals surface area (Å²) in [5.74, 6) is 0.792. The van der Waals surface area contributed by atoms with Crippen LogP contribution in [0.25, 0.3) is 0 Å². The molecule has 0 aromatic heterocycles. The monoisotopic (exact) mass is 99.1 g/mol. The zero-order valence-electron chi connectivity index (χ0n) is 4.85. The van der Waals surface area contributed by atoms with Crippen molar-refractivity contribution in [2.45, 2.75) is 32.2 Å². The minimum absolute atomic E-state index is 0.514. The first-order chi connectivity index (χ1) is 3.30. The third-order valence-electron chi connectivity index (χ3n) is 1.93. The second kappa shape index (κ2) is 1.83. The standard InChI is InChI=1S/C6H13N/c1-5-3-2-4-6(5)7/h5-6H,2-4,7H2,1H3/t5?,6-/m1/s1. The van der Waals surface area contributed by atoms with Gasteiger partial charge in [-0.25, -0.2) is 0 Å². The molecule has 1 rings (SSSR count). The molecule has 0 aromatic rings. The summed E-state index contributed by atoms with van der Waals surface area (Å²) in [5, 5.41) is 0. The predicted octanol–water partition coefficient (Wildman–Crippen LogP) is 1.13. The van der Waals surface area contributed by atoms with Gasteiger partial charge in [-0.3, -0.25) is 0 Å². The maximum absolute atomic E-state index is 5.68. The van der Waals surface area contributed by atoms with Gasteiger partial charge >= 0.3 is 0 Å². The summed E-state index contributed by atoms with van der Waals surface area (Å²) in [6.45, 7) is 2.23. The molecule has 7 heavy (non-hydrogen) atoms. The van der Waals surface area contributed by atoms with E-state index in [0.717, 1.165) is 5.92 Å². The summed E-state index contributed by atoms with van der Waals surface area (Å²) < 4.78 is 0. The molecular weight excluding hydrogens is 86.1 g/mol. The van der Waals surface area contributed by atoms with Gasteiger partial charge in [-0.15, -0.1) is 0 Å². The lowest BCUT2D eigenvalue weighted by Crippen LogP contribution is -2.21. The summed E-state index contributed by atoms with van der Waals surface area (Å²) in [7, 11) is 0. The van der Waals surface area contributed by atoms with E-state index < -0.39 is 0 Å². The maximum atomic E-state index is 5.68. The molecule has 1 fully saturated rings. The average molecular weight is 99.2 g/mol. The Morgan fingerprint density at radius 3 is 2.29 bits per heavy atom. The van der Waals surface area contributed by atoms with E-state index in [0.29, 0.717) is 6.04 Å². The Kier molecular flexibility index (Phi) is 1.33. The molecule has 0 aromatic carbocycles. The van der Waals surface area contributed by atoms with Crippen LogP contribution in [-0.2, 0) is 0 Å². The normalized spacial score (nSPS) is 42.0. The van der Waals surface area contributed by atoms with Crippen LogP contribution in [-0.4, -0.2) is 6.04 Å². The van der Waals surface area contributed by atoms with E-state index in [9.17, 15) is 0 Å². The molecule has 0 heterocycles. The van der Waals surface area contributed by atoms with E-state index in [1.807, 2.05) is 0 Å². The third kappa shape index (κ3) is 0.942. The molecule has 1 nitrogen and oxygen atoms in total. The van der Waals surface area contributed by atoms with Crippen LogP contribution in [0.15, 0.2) is 0 Å². The van der Waals surface area contributed by atoms with Crippen molar-refractivity contribution >= 4 is 0 Å². The van der Waals surface area contributed by atoms with E-state index in [4.69, 9.17) is 5.73 Å². The van der Waals surface area contributed by atoms with E-state index in [1.165, 1.54) is 19.3 Å². The van der Waals surface area contributed by atoms with Gasteiger partial charge in [-0.1, -0.05) is 13.3 Å². The molecule has 2 N–H and O–H groups in total. The minimum Gasteiger partial charge on any atom is -0.327 e. The quantitative estimate of drug-likeness (QED) is 0.484. The Morgan fingerprint density at radius 2 is 2.14 bits per heavy atom. The first-order valence-electron chi connectivity index (χ1n) is 3.06. The minimum atomic E-state index is 0.514. The highest BCUT2D eigenvalue weighted by Gasteiger charge is 2.18. The van der Waals surface area contributed by atoms with Gasteiger partial charge < -0.3 is 5.73 Å². The lowest BCUT2D eigenvalue weighted by molar-refractivity contribution is 0.527. The highest BCUT2D eigenvalue weighted by molar-refractivity contribution is 4.75. The van der Waals surface area contributed by atoms with Crippen LogP contribution in [0.3, 0.4) is 0 Å². The van der Waals surface area contributed by atoms with Crippen LogP contribution >= 0.6 is 0 Å². The summed E-state index contributed by atoms with van der Waals surface area (Å²) in [6.07, 6.45) is 3.95. The SMILES string of the molecule is CC1CCC[C@H]1N. The zero-order chi connectivity index (χ0) is 5.28. The molecule has 0 radical (unpaired) electrons. The summed E-state index contributed by atoms with van der Waals surface area (Å²) in [4.78, 5) is 0. The predicted molar refractivity (Wildman–Crippen MR) is 31.0 cm³/mol. The third-order valence-corrected chi connectivity index (χ3v) is 1.93. The van der Waals surface area contributed by atoms with Crippen molar-refractivity contribution in [3.05, 3.63) is 0 Å². The average Bonchev–Trinajstić information content (AvgIpc) is 1.91. The number of hydrogen-bond donors (Lipinski definition) is 1. The Morgan fingerprint density at radius 1 is 1.43 bits per heavy atom. The van der Waals surface area contributed by atoms with Crippen molar-refractivity contribution in [2.24, 2.45) is 11.7 Å². The number of hydrogen-bond acceptors (Lipinski definition) is 1. The molecule has 0 spiro atoms. The van der Waals surface area contributed by atoms with Crippen LogP contribution in [0.1, 0.15) is 26.2 Å². The van der Waals surface area contributed by atoms with Gasteiger partial charge in [0.2, 0.25) is 0 Å². The topological polar surface area (TPSA) is 26.0 Å². The first kappa shape index (κ1) is 5.10. The molecule has 1 aliphatic carbocycles. The lowest BCUT2D eigenvalue weighted by atomic mass is 10.1. The Balaban J connectivity index is 2.33. The zero-order valence-corrected chi connectivity index (χ0v) is 4.85. The lowest BCUT2D eigenvalue weighted by Gasteiger charge is -2.05. The second-order valence-corrected chi connectivity index (χ2v) is 2.57. The Bertz CT molecular complexity index is 53.2. The van der Waals surface area contributed by atoms with Gasteiger partial charge in [0, 0.05) is 6.04 Å². The molecule has 1 aliphatic rings. The molecule has 1 unspecified atom stereocenters. The van der Waals surface area contributed by atoms with E-state index >= 15 is 0 Å². The fourth-order valence-corrected chi connectivity index (χ4v) is 1.17. The fraction of sp³-hybridized carbons (Fsp3) is 1.00. The first-order valence-corrected chi connectivity index (χ1v) is 3.06. The highest BCUT2D eigenvalue weighted by Crippen LogP contribution is 2.22. The van der Waals surface area contributed by atoms with Gasteiger partial charge in [0.1, 0.15) is 0 Å². The number of rotatable bonds is 0. The van der Waals surface area contributed by atoms with Gasteiger partial charge in [0.05, 0.1) is 0 Å². The van der Waals surface area contributed by atoms with E-state index in [1.54, 1.807) is 0 Å². The summed E-state index contributed by atoms with van der Waals surface area (Å²) in [5.41, 5.74) is 5.68. The van der Waals surface area contributed by atoms with Crippen molar-refractivity contribution in [1.82, 2.24) is 0 Å². The van der Waals surface area contributed by atoms with Crippen molar-refractivity contribution in [3.8, 4) is 0 Å². The Hall–Kier alpha value is -0.0400. The molecule has 2 atom stereocenters. The molecular formula is C6H13N. The summed E-state index contributed by atoms with van der Waals surface area (Å²) in [6, 6.07) is 0.514. The molecule has 42 valence electrons. The second-order valence-electron chi connectivity index (χ2n) is 2.57. The largest absolute Gasteiger partial charge is 0.327 e. The van der Waals surface area contributed by atoms with Crippen LogP contribution in [0.5, 0.6) is 0 Å². The van der Waals surface area contributed by atoms with Gasteiger partial charge in [-0.05, 0) is 18.8 Å². The van der Waals surface area contributed by atoms with E-state index in [2.05, 4.69) is 6.92 Å². The fourth-order valence-electron chi connectivity index (χ4n) is 1.17. The van der Waals surface area contributed by atoms with Gasteiger partial charge in [0.25, 0.3) is 0 Å². The Labute approximate surface area is 44.9 Å². The van der Waals surface area contributed by atoms with Gasteiger partial charge in [-0.2, -0.15) is 0 Å². The van der Waals surface area contributed by atoms with Crippen molar-refractivity contribution in [2.75, 3.05) is 0 Å². The molecule has 1 saturated carbocycles. The molecule has 0 aliphatic heterocycles. The summed E-state index contributed by atoms with van der Waals surface area (Å²) >= 11 is 0. The van der Waals surface area contributed by atoms with Gasteiger partial charge in [0.15, 0.2) is 0 Å². The van der Waals surface area contributed by atoms with Crippen LogP contribution in [0, 0.1) is 5.92 Å². The molecule has 1 heteroatoms.